The Labute approximate surface area is 159 Å². The Bertz CT molecular complexity index is 806. The molecule has 1 atom stereocenters. The highest BCUT2D eigenvalue weighted by Gasteiger charge is 2.42. The maximum absolute atomic E-state index is 14.0. The Morgan fingerprint density at radius 1 is 1.21 bits per heavy atom. The monoisotopic (exact) mass is 403 g/mol. The van der Waals surface area contributed by atoms with Crippen molar-refractivity contribution in [2.75, 3.05) is 6.61 Å². The molecular formula is C19H21F4NO4. The average Bonchev–Trinajstić information content (AvgIpc) is 2.64. The normalized spacial score (nSPS) is 16.9. The molecule has 0 aliphatic heterocycles. The Hall–Kier alpha value is -2.42. The zero-order chi connectivity index (χ0) is 21.1. The predicted molar refractivity (Wildman–Crippen MR) is 91.3 cm³/mol. The van der Waals surface area contributed by atoms with Gasteiger partial charge in [0, 0.05) is 6.20 Å². The van der Waals surface area contributed by atoms with Crippen LogP contribution in [0, 0.1) is 23.3 Å². The second-order valence-corrected chi connectivity index (χ2v) is 6.53. The second kappa shape index (κ2) is 8.72. The van der Waals surface area contributed by atoms with Gasteiger partial charge in [-0.3, -0.25) is 4.79 Å². The van der Waals surface area contributed by atoms with Crippen LogP contribution in [-0.4, -0.2) is 35.1 Å². The van der Waals surface area contributed by atoms with Gasteiger partial charge in [0.25, 0.3) is 0 Å². The maximum atomic E-state index is 14.0. The van der Waals surface area contributed by atoms with Crippen molar-refractivity contribution in [1.29, 1.82) is 0 Å². The lowest BCUT2D eigenvalue weighted by atomic mass is 9.72. The topological polar surface area (TPSA) is 75.6 Å². The highest BCUT2D eigenvalue weighted by Crippen LogP contribution is 2.36. The van der Waals surface area contributed by atoms with E-state index in [1.165, 1.54) is 6.92 Å². The summed E-state index contributed by atoms with van der Waals surface area (Å²) in [6, 6.07) is 0.184. The minimum Gasteiger partial charge on any atom is -0.462 e. The third-order valence-corrected chi connectivity index (χ3v) is 4.86. The number of halogens is 4. The van der Waals surface area contributed by atoms with E-state index in [-0.39, 0.29) is 12.7 Å². The van der Waals surface area contributed by atoms with Crippen LogP contribution in [0.2, 0.25) is 0 Å². The molecule has 1 fully saturated rings. The first-order valence-corrected chi connectivity index (χ1v) is 8.89. The number of ketones is 1. The lowest BCUT2D eigenvalue weighted by Gasteiger charge is -2.45. The van der Waals surface area contributed by atoms with Crippen molar-refractivity contribution in [2.24, 2.45) is 0 Å². The smallest absolute Gasteiger partial charge is 0.343 e. The third-order valence-electron chi connectivity index (χ3n) is 4.86. The van der Waals surface area contributed by atoms with E-state index in [4.69, 9.17) is 4.74 Å². The molecule has 2 N–H and O–H groups in total. The molecule has 154 valence electrons. The van der Waals surface area contributed by atoms with Crippen molar-refractivity contribution in [1.82, 2.24) is 5.32 Å². The number of esters is 1. The van der Waals surface area contributed by atoms with Gasteiger partial charge >= 0.3 is 5.97 Å². The van der Waals surface area contributed by atoms with Crippen LogP contribution in [0.3, 0.4) is 0 Å². The highest BCUT2D eigenvalue weighted by molar-refractivity contribution is 6.24. The van der Waals surface area contributed by atoms with Crippen molar-refractivity contribution in [3.8, 4) is 0 Å². The summed E-state index contributed by atoms with van der Waals surface area (Å²) in [5, 5.41) is 13.0. The van der Waals surface area contributed by atoms with E-state index in [0.717, 1.165) is 12.6 Å². The molecule has 1 unspecified atom stereocenters. The number of aliphatic hydroxyl groups is 1. The van der Waals surface area contributed by atoms with Crippen LogP contribution < -0.4 is 5.32 Å². The summed E-state index contributed by atoms with van der Waals surface area (Å²) in [6.07, 6.45) is 2.54. The fraction of sp³-hybridized carbons (Fsp3) is 0.474. The zero-order valence-electron chi connectivity index (χ0n) is 15.5. The molecule has 0 spiro atoms. The van der Waals surface area contributed by atoms with Crippen LogP contribution in [0.25, 0.3) is 0 Å². The summed E-state index contributed by atoms with van der Waals surface area (Å²) in [4.78, 5) is 24.8. The van der Waals surface area contributed by atoms with Gasteiger partial charge in [-0.1, -0.05) is 6.92 Å². The minimum atomic E-state index is -2.16. The molecule has 0 radical (unpaired) electrons. The number of aliphatic hydroxyl groups excluding tert-OH is 1. The molecule has 5 nitrogen and oxygen atoms in total. The Kier molecular flexibility index (Phi) is 6.82. The van der Waals surface area contributed by atoms with Crippen molar-refractivity contribution in [3.63, 3.8) is 0 Å². The number of carbonyl (C=O) groups is 2. The molecule has 28 heavy (non-hydrogen) atoms. The molecule has 0 saturated heterocycles. The van der Waals surface area contributed by atoms with Gasteiger partial charge in [0.05, 0.1) is 23.8 Å². The number of hydrogen-bond donors (Lipinski definition) is 2. The van der Waals surface area contributed by atoms with E-state index in [1.54, 1.807) is 6.92 Å². The fourth-order valence-electron chi connectivity index (χ4n) is 3.05. The van der Waals surface area contributed by atoms with Gasteiger partial charge in [0.15, 0.2) is 23.3 Å². The molecule has 1 aliphatic carbocycles. The largest absolute Gasteiger partial charge is 0.462 e. The fourth-order valence-corrected chi connectivity index (χ4v) is 3.05. The number of nitrogens with one attached hydrogen (secondary N) is 1. The maximum Gasteiger partial charge on any atom is 0.343 e. The lowest BCUT2D eigenvalue weighted by Crippen LogP contribution is -2.57. The molecular weight excluding hydrogens is 382 g/mol. The van der Waals surface area contributed by atoms with Crippen LogP contribution in [-0.2, 0) is 9.53 Å². The Morgan fingerprint density at radius 2 is 1.86 bits per heavy atom. The predicted octanol–water partition coefficient (Wildman–Crippen LogP) is 3.16. The summed E-state index contributed by atoms with van der Waals surface area (Å²) in [5.74, 6) is -10.4. The molecule has 1 aromatic rings. The van der Waals surface area contributed by atoms with E-state index in [9.17, 15) is 32.3 Å². The number of carbonyl (C=O) groups excluding carboxylic acids is 2. The summed E-state index contributed by atoms with van der Waals surface area (Å²) < 4.78 is 58.9. The van der Waals surface area contributed by atoms with Gasteiger partial charge in [-0.25, -0.2) is 22.4 Å². The van der Waals surface area contributed by atoms with E-state index >= 15 is 0 Å². The van der Waals surface area contributed by atoms with E-state index < -0.39 is 57.8 Å². The average molecular weight is 403 g/mol. The molecule has 1 aliphatic rings. The first-order valence-electron chi connectivity index (χ1n) is 8.89. The molecule has 9 heteroatoms. The van der Waals surface area contributed by atoms with Crippen molar-refractivity contribution in [2.45, 2.75) is 51.2 Å². The van der Waals surface area contributed by atoms with Gasteiger partial charge < -0.3 is 15.2 Å². The summed E-state index contributed by atoms with van der Waals surface area (Å²) in [7, 11) is 0. The Morgan fingerprint density at radius 3 is 2.36 bits per heavy atom. The first-order chi connectivity index (χ1) is 13.2. The van der Waals surface area contributed by atoms with E-state index in [0.29, 0.717) is 19.3 Å². The molecule has 2 rings (SSSR count). The van der Waals surface area contributed by atoms with Crippen LogP contribution in [0.1, 0.15) is 49.9 Å². The standard InChI is InChI=1S/C19H21F4NO4/c1-3-13(25)19(6-5-7-19)24-9-11(18(27)28-4-2)17(26)10-8-12(20)15(22)16(23)14(10)21/h8-9,13,24-25H,3-7H2,1-2H3. The van der Waals surface area contributed by atoms with Crippen LogP contribution in [0.5, 0.6) is 0 Å². The van der Waals surface area contributed by atoms with Crippen LogP contribution in [0.4, 0.5) is 17.6 Å². The molecule has 0 amide bonds. The number of hydrogen-bond acceptors (Lipinski definition) is 5. The first kappa shape index (κ1) is 21.9. The van der Waals surface area contributed by atoms with Gasteiger partial charge in [-0.15, -0.1) is 0 Å². The summed E-state index contributed by atoms with van der Waals surface area (Å²) in [6.45, 7) is 3.12. The lowest BCUT2D eigenvalue weighted by molar-refractivity contribution is -0.138. The number of rotatable bonds is 8. The van der Waals surface area contributed by atoms with Gasteiger partial charge in [-0.2, -0.15) is 0 Å². The molecule has 1 saturated carbocycles. The Balaban J connectivity index is 2.44. The van der Waals surface area contributed by atoms with Crippen molar-refractivity contribution in [3.05, 3.63) is 46.7 Å². The zero-order valence-corrected chi connectivity index (χ0v) is 15.5. The van der Waals surface area contributed by atoms with Crippen molar-refractivity contribution >= 4 is 11.8 Å². The molecule has 0 heterocycles. The SMILES string of the molecule is CCOC(=O)C(=CNC1(C(O)CC)CCC1)C(=O)c1cc(F)c(F)c(F)c1F. The number of Topliss-reactive ketones (excluding diaryl/α,β-unsaturated/α-hetero) is 1. The molecule has 0 bridgehead atoms. The quantitative estimate of drug-likeness (QED) is 0.102. The number of ether oxygens (including phenoxy) is 1. The van der Waals surface area contributed by atoms with Crippen LogP contribution >= 0.6 is 0 Å². The van der Waals surface area contributed by atoms with Gasteiger partial charge in [-0.05, 0) is 38.7 Å². The third kappa shape index (κ3) is 4.04. The summed E-state index contributed by atoms with van der Waals surface area (Å²) >= 11 is 0. The molecule has 1 aromatic carbocycles. The second-order valence-electron chi connectivity index (χ2n) is 6.53. The van der Waals surface area contributed by atoms with Gasteiger partial charge in [0.2, 0.25) is 5.78 Å². The van der Waals surface area contributed by atoms with Crippen molar-refractivity contribution < 1.29 is 37.0 Å². The molecule has 0 aromatic heterocycles. The van der Waals surface area contributed by atoms with E-state index in [2.05, 4.69) is 5.32 Å². The van der Waals surface area contributed by atoms with E-state index in [1.807, 2.05) is 0 Å². The summed E-state index contributed by atoms with van der Waals surface area (Å²) in [5.41, 5.74) is -2.64. The van der Waals surface area contributed by atoms with Gasteiger partial charge in [0.1, 0.15) is 5.57 Å². The number of benzene rings is 1. The minimum absolute atomic E-state index is 0.110. The van der Waals surface area contributed by atoms with Crippen LogP contribution in [0.15, 0.2) is 17.8 Å². The highest BCUT2D eigenvalue weighted by atomic mass is 19.2.